The van der Waals surface area contributed by atoms with Crippen LogP contribution < -0.4 is 10.1 Å². The first-order valence-electron chi connectivity index (χ1n) is 11.7. The Labute approximate surface area is 183 Å². The molecule has 8 nitrogen and oxygen atoms in total. The summed E-state index contributed by atoms with van der Waals surface area (Å²) in [5.74, 6) is 2.90. The first kappa shape index (κ1) is 20.7. The molecule has 0 spiro atoms. The number of anilines is 1. The molecule has 0 aromatic carbocycles. The van der Waals surface area contributed by atoms with Crippen LogP contribution in [-0.2, 0) is 4.74 Å². The van der Waals surface area contributed by atoms with E-state index in [1.165, 1.54) is 12.8 Å². The number of pyridine rings is 1. The van der Waals surface area contributed by atoms with Gasteiger partial charge in [0.1, 0.15) is 17.3 Å². The molecule has 2 N–H and O–H groups in total. The Hall–Kier alpha value is -2.16. The number of nitrogens with zero attached hydrogens (tertiary/aromatic N) is 4. The molecule has 8 heteroatoms. The van der Waals surface area contributed by atoms with Crippen molar-refractivity contribution >= 4 is 5.82 Å². The molecule has 2 aromatic rings. The van der Waals surface area contributed by atoms with Gasteiger partial charge in [-0.05, 0) is 44.6 Å². The fourth-order valence-corrected chi connectivity index (χ4v) is 4.58. The Kier molecular flexibility index (Phi) is 6.38. The Morgan fingerprint density at radius 3 is 2.68 bits per heavy atom. The number of hydrogen-bond acceptors (Lipinski definition) is 7. The van der Waals surface area contributed by atoms with Gasteiger partial charge in [0, 0.05) is 57.1 Å². The van der Waals surface area contributed by atoms with Crippen molar-refractivity contribution in [1.82, 2.24) is 19.7 Å². The van der Waals surface area contributed by atoms with Crippen LogP contribution in [0.4, 0.5) is 5.82 Å². The Morgan fingerprint density at radius 2 is 1.94 bits per heavy atom. The Balaban J connectivity index is 1.26. The van der Waals surface area contributed by atoms with Crippen molar-refractivity contribution in [1.29, 1.82) is 0 Å². The number of aliphatic hydroxyl groups is 1. The predicted octanol–water partition coefficient (Wildman–Crippen LogP) is 3.17. The molecule has 31 heavy (non-hydrogen) atoms. The van der Waals surface area contributed by atoms with Gasteiger partial charge in [-0.1, -0.05) is 0 Å². The molecule has 2 saturated heterocycles. The number of piperidine rings is 1. The highest BCUT2D eigenvalue weighted by atomic mass is 16.5. The van der Waals surface area contributed by atoms with E-state index in [1.807, 2.05) is 12.1 Å². The van der Waals surface area contributed by atoms with Gasteiger partial charge in [0.05, 0.1) is 18.8 Å². The number of rotatable bonds is 8. The largest absolute Gasteiger partial charge is 0.454 e. The fourth-order valence-electron chi connectivity index (χ4n) is 4.58. The SMILES string of the molecule is OCCN1CCC(Nc2cc(Oc3cn(C4CC4)nc3C3CCOCC3)ccn2)CC1. The summed E-state index contributed by atoms with van der Waals surface area (Å²) in [4.78, 5) is 6.81. The predicted molar refractivity (Wildman–Crippen MR) is 118 cm³/mol. The van der Waals surface area contributed by atoms with Crippen LogP contribution in [0.3, 0.4) is 0 Å². The molecule has 2 aromatic heterocycles. The van der Waals surface area contributed by atoms with E-state index in [2.05, 4.69) is 26.1 Å². The summed E-state index contributed by atoms with van der Waals surface area (Å²) in [7, 11) is 0. The van der Waals surface area contributed by atoms with Crippen LogP contribution in [0, 0.1) is 0 Å². The molecule has 0 radical (unpaired) electrons. The van der Waals surface area contributed by atoms with Gasteiger partial charge in [0.2, 0.25) is 0 Å². The fraction of sp³-hybridized carbons (Fsp3) is 0.652. The van der Waals surface area contributed by atoms with E-state index in [0.29, 0.717) is 18.0 Å². The van der Waals surface area contributed by atoms with E-state index in [9.17, 15) is 0 Å². The number of β-amino-alcohol motifs (C(OH)–C–C–N with tert-alkyl or cyclic N) is 1. The molecular formula is C23H33N5O3. The molecule has 0 atom stereocenters. The summed E-state index contributed by atoms with van der Waals surface area (Å²) in [6.07, 6.45) is 10.4. The second-order valence-corrected chi connectivity index (χ2v) is 8.94. The highest BCUT2D eigenvalue weighted by Crippen LogP contribution is 2.40. The van der Waals surface area contributed by atoms with Crippen molar-refractivity contribution in [2.45, 2.75) is 56.5 Å². The van der Waals surface area contributed by atoms with Crippen LogP contribution in [0.1, 0.15) is 56.2 Å². The molecule has 0 unspecified atom stereocenters. The van der Waals surface area contributed by atoms with Gasteiger partial charge in [-0.3, -0.25) is 4.68 Å². The molecule has 4 heterocycles. The average Bonchev–Trinajstić information content (AvgIpc) is 3.57. The number of aromatic nitrogens is 3. The number of aliphatic hydroxyl groups excluding tert-OH is 1. The summed E-state index contributed by atoms with van der Waals surface area (Å²) in [5.41, 5.74) is 1.07. The summed E-state index contributed by atoms with van der Waals surface area (Å²) in [6.45, 7) is 4.58. The highest BCUT2D eigenvalue weighted by molar-refractivity contribution is 5.44. The van der Waals surface area contributed by atoms with E-state index in [1.54, 1.807) is 6.20 Å². The van der Waals surface area contributed by atoms with E-state index in [0.717, 1.165) is 81.5 Å². The minimum absolute atomic E-state index is 0.228. The van der Waals surface area contributed by atoms with Gasteiger partial charge in [-0.2, -0.15) is 5.10 Å². The molecule has 1 saturated carbocycles. The maximum atomic E-state index is 9.12. The first-order chi connectivity index (χ1) is 15.3. The molecule has 0 amide bonds. The zero-order chi connectivity index (χ0) is 21.0. The molecule has 3 fully saturated rings. The summed E-state index contributed by atoms with van der Waals surface area (Å²) in [6, 6.07) is 4.83. The molecule has 5 rings (SSSR count). The minimum atomic E-state index is 0.228. The lowest BCUT2D eigenvalue weighted by atomic mass is 9.96. The molecule has 168 valence electrons. The van der Waals surface area contributed by atoms with Crippen molar-refractivity contribution < 1.29 is 14.6 Å². The maximum absolute atomic E-state index is 9.12. The van der Waals surface area contributed by atoms with Crippen molar-refractivity contribution in [3.05, 3.63) is 30.2 Å². The van der Waals surface area contributed by atoms with Crippen LogP contribution in [0.25, 0.3) is 0 Å². The third kappa shape index (κ3) is 5.19. The summed E-state index contributed by atoms with van der Waals surface area (Å²) in [5, 5.41) is 17.6. The third-order valence-corrected chi connectivity index (χ3v) is 6.57. The van der Waals surface area contributed by atoms with Gasteiger partial charge in [0.25, 0.3) is 0 Å². The van der Waals surface area contributed by atoms with Crippen LogP contribution in [0.15, 0.2) is 24.5 Å². The quantitative estimate of drug-likeness (QED) is 0.669. The normalized spacial score (nSPS) is 21.3. The monoisotopic (exact) mass is 427 g/mol. The highest BCUT2D eigenvalue weighted by Gasteiger charge is 2.30. The van der Waals surface area contributed by atoms with Crippen LogP contribution in [-0.4, -0.2) is 70.3 Å². The van der Waals surface area contributed by atoms with Crippen molar-refractivity contribution in [2.24, 2.45) is 0 Å². The summed E-state index contributed by atoms with van der Waals surface area (Å²) >= 11 is 0. The van der Waals surface area contributed by atoms with E-state index < -0.39 is 0 Å². The molecule has 3 aliphatic rings. The van der Waals surface area contributed by atoms with Gasteiger partial charge in [-0.15, -0.1) is 0 Å². The zero-order valence-corrected chi connectivity index (χ0v) is 18.1. The van der Waals surface area contributed by atoms with E-state index in [-0.39, 0.29) is 6.61 Å². The van der Waals surface area contributed by atoms with Gasteiger partial charge < -0.3 is 24.8 Å². The zero-order valence-electron chi connectivity index (χ0n) is 18.1. The van der Waals surface area contributed by atoms with Crippen LogP contribution in [0.5, 0.6) is 11.5 Å². The Morgan fingerprint density at radius 1 is 1.13 bits per heavy atom. The first-order valence-corrected chi connectivity index (χ1v) is 11.7. The molecule has 2 aliphatic heterocycles. The van der Waals surface area contributed by atoms with Gasteiger partial charge in [0.15, 0.2) is 5.75 Å². The van der Waals surface area contributed by atoms with Gasteiger partial charge >= 0.3 is 0 Å². The number of likely N-dealkylation sites (tertiary alicyclic amines) is 1. The number of ether oxygens (including phenoxy) is 2. The second kappa shape index (κ2) is 9.54. The topological polar surface area (TPSA) is 84.7 Å². The molecule has 1 aliphatic carbocycles. The average molecular weight is 428 g/mol. The summed E-state index contributed by atoms with van der Waals surface area (Å²) < 4.78 is 14.0. The molecular weight excluding hydrogens is 394 g/mol. The maximum Gasteiger partial charge on any atom is 0.168 e. The number of hydrogen-bond donors (Lipinski definition) is 2. The van der Waals surface area contributed by atoms with Crippen molar-refractivity contribution in [2.75, 3.05) is 44.8 Å². The lowest BCUT2D eigenvalue weighted by Crippen LogP contribution is -2.40. The van der Waals surface area contributed by atoms with Crippen LogP contribution in [0.2, 0.25) is 0 Å². The second-order valence-electron chi connectivity index (χ2n) is 8.94. The number of nitrogens with one attached hydrogen (secondary N) is 1. The van der Waals surface area contributed by atoms with Crippen molar-refractivity contribution in [3.63, 3.8) is 0 Å². The smallest absolute Gasteiger partial charge is 0.168 e. The van der Waals surface area contributed by atoms with Crippen LogP contribution >= 0.6 is 0 Å². The third-order valence-electron chi connectivity index (χ3n) is 6.57. The standard InChI is InChI=1S/C23H33N5O3/c29-12-11-27-9-4-18(5-10-27)25-22-15-20(3-8-24-22)31-21-16-28(19-1-2-19)26-23(21)17-6-13-30-14-7-17/h3,8,15-19,29H,1-2,4-7,9-14H2,(H,24,25). The van der Waals surface area contributed by atoms with E-state index in [4.69, 9.17) is 19.7 Å². The van der Waals surface area contributed by atoms with Gasteiger partial charge in [-0.25, -0.2) is 4.98 Å². The Bertz CT molecular complexity index is 855. The lowest BCUT2D eigenvalue weighted by Gasteiger charge is -2.32. The van der Waals surface area contributed by atoms with E-state index >= 15 is 0 Å². The lowest BCUT2D eigenvalue weighted by molar-refractivity contribution is 0.0839. The minimum Gasteiger partial charge on any atom is -0.454 e. The van der Waals surface area contributed by atoms with Crippen molar-refractivity contribution in [3.8, 4) is 11.5 Å². The molecule has 0 bridgehead atoms.